The largest absolute Gasteiger partial charge is 0.467 e. The SMILES string of the molecule is CN1CCN(c2ccc(NC(=O)C(C)(C)C(=O)NCc3ccco3)cc2)CC1. The van der Waals surface area contributed by atoms with E-state index in [0.717, 1.165) is 31.9 Å². The van der Waals surface area contributed by atoms with Crippen LogP contribution in [0.4, 0.5) is 11.4 Å². The van der Waals surface area contributed by atoms with Gasteiger partial charge in [-0.15, -0.1) is 0 Å². The minimum atomic E-state index is -1.21. The minimum absolute atomic E-state index is 0.252. The van der Waals surface area contributed by atoms with E-state index >= 15 is 0 Å². The zero-order valence-electron chi connectivity index (χ0n) is 16.7. The van der Waals surface area contributed by atoms with Crippen LogP contribution in [0.3, 0.4) is 0 Å². The number of nitrogens with zero attached hydrogens (tertiary/aromatic N) is 2. The second-order valence-electron chi connectivity index (χ2n) is 7.68. The normalized spacial score (nSPS) is 15.3. The van der Waals surface area contributed by atoms with Gasteiger partial charge in [-0.25, -0.2) is 0 Å². The highest BCUT2D eigenvalue weighted by molar-refractivity contribution is 6.09. The molecule has 3 rings (SSSR count). The van der Waals surface area contributed by atoms with E-state index in [9.17, 15) is 9.59 Å². The molecule has 0 atom stereocenters. The number of piperazine rings is 1. The number of carbonyl (C=O) groups is 2. The lowest BCUT2D eigenvalue weighted by molar-refractivity contribution is -0.138. The number of hydrogen-bond acceptors (Lipinski definition) is 5. The van der Waals surface area contributed by atoms with E-state index in [1.807, 2.05) is 24.3 Å². The summed E-state index contributed by atoms with van der Waals surface area (Å²) in [6.45, 7) is 7.54. The van der Waals surface area contributed by atoms with Crippen LogP contribution in [0.5, 0.6) is 0 Å². The Morgan fingerprint density at radius 1 is 1.04 bits per heavy atom. The fourth-order valence-electron chi connectivity index (χ4n) is 3.01. The summed E-state index contributed by atoms with van der Waals surface area (Å²) in [5.41, 5.74) is 0.610. The third kappa shape index (κ3) is 4.72. The first-order valence-corrected chi connectivity index (χ1v) is 9.52. The maximum atomic E-state index is 12.6. The molecule has 2 heterocycles. The molecule has 2 N–H and O–H groups in total. The van der Waals surface area contributed by atoms with E-state index in [2.05, 4.69) is 27.5 Å². The van der Waals surface area contributed by atoms with Crippen LogP contribution < -0.4 is 15.5 Å². The Balaban J connectivity index is 1.56. The molecule has 0 saturated carbocycles. The molecule has 1 saturated heterocycles. The number of amides is 2. The van der Waals surface area contributed by atoms with Gasteiger partial charge in [0.15, 0.2) is 0 Å². The van der Waals surface area contributed by atoms with Crippen LogP contribution in [0.1, 0.15) is 19.6 Å². The molecule has 2 aromatic rings. The van der Waals surface area contributed by atoms with Crippen molar-refractivity contribution >= 4 is 23.2 Å². The molecule has 1 aromatic heterocycles. The minimum Gasteiger partial charge on any atom is -0.467 e. The van der Waals surface area contributed by atoms with Crippen LogP contribution in [0.15, 0.2) is 47.1 Å². The van der Waals surface area contributed by atoms with Crippen LogP contribution in [-0.4, -0.2) is 49.9 Å². The first-order chi connectivity index (χ1) is 13.4. The van der Waals surface area contributed by atoms with Gasteiger partial charge in [-0.1, -0.05) is 0 Å². The Morgan fingerprint density at radius 2 is 1.71 bits per heavy atom. The highest BCUT2D eigenvalue weighted by atomic mass is 16.3. The second kappa shape index (κ2) is 8.48. The van der Waals surface area contributed by atoms with Crippen molar-refractivity contribution in [3.63, 3.8) is 0 Å². The average Bonchev–Trinajstić information content (AvgIpc) is 3.21. The molecule has 2 amide bonds. The molecular weight excluding hydrogens is 356 g/mol. The smallest absolute Gasteiger partial charge is 0.239 e. The quantitative estimate of drug-likeness (QED) is 0.748. The molecule has 0 radical (unpaired) electrons. The number of anilines is 2. The zero-order chi connectivity index (χ0) is 20.1. The highest BCUT2D eigenvalue weighted by Gasteiger charge is 2.36. The lowest BCUT2D eigenvalue weighted by Gasteiger charge is -2.34. The average molecular weight is 384 g/mol. The van der Waals surface area contributed by atoms with Crippen LogP contribution in [0, 0.1) is 5.41 Å². The predicted molar refractivity (Wildman–Crippen MR) is 109 cm³/mol. The summed E-state index contributed by atoms with van der Waals surface area (Å²) in [6, 6.07) is 11.3. The zero-order valence-corrected chi connectivity index (χ0v) is 16.7. The summed E-state index contributed by atoms with van der Waals surface area (Å²) in [5.74, 6) is -0.0590. The van der Waals surface area contributed by atoms with E-state index in [4.69, 9.17) is 4.42 Å². The molecular formula is C21H28N4O3. The van der Waals surface area contributed by atoms with E-state index in [-0.39, 0.29) is 18.4 Å². The van der Waals surface area contributed by atoms with Gasteiger partial charge in [0.25, 0.3) is 0 Å². The fraction of sp³-hybridized carbons (Fsp3) is 0.429. The Labute approximate surface area is 165 Å². The van der Waals surface area contributed by atoms with Crippen molar-refractivity contribution in [2.45, 2.75) is 20.4 Å². The third-order valence-electron chi connectivity index (χ3n) is 5.13. The van der Waals surface area contributed by atoms with Crippen LogP contribution in [0.2, 0.25) is 0 Å². The topological polar surface area (TPSA) is 77.8 Å². The van der Waals surface area contributed by atoms with Gasteiger partial charge < -0.3 is 24.9 Å². The lowest BCUT2D eigenvalue weighted by atomic mass is 9.91. The molecule has 0 aliphatic carbocycles. The summed E-state index contributed by atoms with van der Waals surface area (Å²) in [5, 5.41) is 5.59. The van der Waals surface area contributed by atoms with Crippen molar-refractivity contribution in [3.8, 4) is 0 Å². The van der Waals surface area contributed by atoms with Crippen LogP contribution >= 0.6 is 0 Å². The van der Waals surface area contributed by atoms with Crippen molar-refractivity contribution in [2.75, 3.05) is 43.4 Å². The number of carbonyl (C=O) groups excluding carboxylic acids is 2. The number of benzene rings is 1. The molecule has 1 aliphatic rings. The Bertz CT molecular complexity index is 792. The van der Waals surface area contributed by atoms with E-state index in [1.165, 1.54) is 0 Å². The molecule has 150 valence electrons. The Kier molecular flexibility index (Phi) is 6.04. The monoisotopic (exact) mass is 384 g/mol. The standard InChI is InChI=1S/C21H28N4O3/c1-21(2,19(26)22-15-18-5-4-14-28-18)20(27)23-16-6-8-17(9-7-16)25-12-10-24(3)11-13-25/h4-9,14H,10-13,15H2,1-3H3,(H,22,26)(H,23,27). The van der Waals surface area contributed by atoms with Crippen LogP contribution in [-0.2, 0) is 16.1 Å². The number of likely N-dealkylation sites (N-methyl/N-ethyl adjacent to an activating group) is 1. The predicted octanol–water partition coefficient (Wildman–Crippen LogP) is 2.31. The number of hydrogen-bond donors (Lipinski definition) is 2. The summed E-state index contributed by atoms with van der Waals surface area (Å²) in [6.07, 6.45) is 1.55. The second-order valence-corrected chi connectivity index (χ2v) is 7.68. The lowest BCUT2D eigenvalue weighted by Crippen LogP contribution is -2.45. The molecule has 28 heavy (non-hydrogen) atoms. The van der Waals surface area contributed by atoms with Crippen LogP contribution in [0.25, 0.3) is 0 Å². The fourth-order valence-corrected chi connectivity index (χ4v) is 3.01. The van der Waals surface area contributed by atoms with Gasteiger partial charge in [-0.05, 0) is 57.3 Å². The number of nitrogens with one attached hydrogen (secondary N) is 2. The molecule has 7 nitrogen and oxygen atoms in total. The van der Waals surface area contributed by atoms with Gasteiger partial charge in [-0.2, -0.15) is 0 Å². The van der Waals surface area contributed by atoms with E-state index < -0.39 is 5.41 Å². The van der Waals surface area contributed by atoms with Gasteiger partial charge in [0.1, 0.15) is 11.2 Å². The first-order valence-electron chi connectivity index (χ1n) is 9.52. The van der Waals surface area contributed by atoms with Gasteiger partial charge >= 0.3 is 0 Å². The molecule has 0 spiro atoms. The van der Waals surface area contributed by atoms with Crippen molar-refractivity contribution < 1.29 is 14.0 Å². The van der Waals surface area contributed by atoms with Crippen molar-refractivity contribution in [1.29, 1.82) is 0 Å². The number of furan rings is 1. The highest BCUT2D eigenvalue weighted by Crippen LogP contribution is 2.22. The Morgan fingerprint density at radius 3 is 2.32 bits per heavy atom. The molecule has 1 aliphatic heterocycles. The maximum Gasteiger partial charge on any atom is 0.239 e. The molecule has 1 fully saturated rings. The third-order valence-corrected chi connectivity index (χ3v) is 5.13. The molecule has 7 heteroatoms. The molecule has 0 bridgehead atoms. The summed E-state index contributed by atoms with van der Waals surface area (Å²) < 4.78 is 5.20. The molecule has 0 unspecified atom stereocenters. The van der Waals surface area contributed by atoms with E-state index in [0.29, 0.717) is 11.4 Å². The van der Waals surface area contributed by atoms with Gasteiger partial charge in [0.05, 0.1) is 12.8 Å². The number of rotatable bonds is 6. The maximum absolute atomic E-state index is 12.6. The van der Waals surface area contributed by atoms with Gasteiger partial charge in [0.2, 0.25) is 11.8 Å². The van der Waals surface area contributed by atoms with Crippen molar-refractivity contribution in [2.24, 2.45) is 5.41 Å². The van der Waals surface area contributed by atoms with Crippen molar-refractivity contribution in [3.05, 3.63) is 48.4 Å². The van der Waals surface area contributed by atoms with Gasteiger partial charge in [0, 0.05) is 37.6 Å². The van der Waals surface area contributed by atoms with E-state index in [1.54, 1.807) is 32.2 Å². The Hall–Kier alpha value is -2.80. The summed E-state index contributed by atoms with van der Waals surface area (Å²) in [4.78, 5) is 29.7. The molecule has 1 aromatic carbocycles. The first kappa shape index (κ1) is 19.9. The van der Waals surface area contributed by atoms with Crippen molar-refractivity contribution in [1.82, 2.24) is 10.2 Å². The summed E-state index contributed by atoms with van der Waals surface area (Å²) in [7, 11) is 2.13. The summed E-state index contributed by atoms with van der Waals surface area (Å²) >= 11 is 0. The van der Waals surface area contributed by atoms with Gasteiger partial charge in [-0.3, -0.25) is 9.59 Å².